The van der Waals surface area contributed by atoms with Crippen LogP contribution in [0, 0.1) is 0 Å². The van der Waals surface area contributed by atoms with Crippen molar-refractivity contribution in [2.45, 2.75) is 25.7 Å². The van der Waals surface area contributed by atoms with Crippen LogP contribution in [0.5, 0.6) is 5.75 Å². The number of guanidine groups is 1. The summed E-state index contributed by atoms with van der Waals surface area (Å²) in [6, 6.07) is 7.39. The molecule has 1 aliphatic rings. The number of aliphatic imine (C=N–C) groups is 1. The van der Waals surface area contributed by atoms with Crippen LogP contribution in [0.2, 0.25) is 0 Å². The number of phenols is 1. The van der Waals surface area contributed by atoms with Crippen LogP contribution in [0.25, 0.3) is 0 Å². The van der Waals surface area contributed by atoms with E-state index in [1.54, 1.807) is 12.1 Å². The molecule has 6 heteroatoms. The summed E-state index contributed by atoms with van der Waals surface area (Å²) in [6.45, 7) is 5.65. The van der Waals surface area contributed by atoms with E-state index in [-0.39, 0.29) is 0 Å². The summed E-state index contributed by atoms with van der Waals surface area (Å²) >= 11 is 0. The second-order valence-corrected chi connectivity index (χ2v) is 6.53. The molecule has 2 aromatic rings. The molecule has 0 spiro atoms. The number of phenolic OH excluding ortho intramolecular Hbond substituents is 1. The van der Waals surface area contributed by atoms with Gasteiger partial charge in [0, 0.05) is 45.3 Å². The number of aromatic hydroxyl groups is 1. The van der Waals surface area contributed by atoms with Gasteiger partial charge < -0.3 is 15.3 Å². The van der Waals surface area contributed by atoms with E-state index >= 15 is 0 Å². The lowest BCUT2D eigenvalue weighted by molar-refractivity contribution is 0.474. The molecule has 2 heterocycles. The van der Waals surface area contributed by atoms with Gasteiger partial charge in [0.15, 0.2) is 5.96 Å². The SMILES string of the molecule is CCNC(=NCCc1cccc(O)c1)N1CCC(c2cnn(C)c2)C1. The molecule has 0 bridgehead atoms. The number of aromatic nitrogens is 2. The predicted molar refractivity (Wildman–Crippen MR) is 99.9 cm³/mol. The lowest BCUT2D eigenvalue weighted by atomic mass is 10.0. The predicted octanol–water partition coefficient (Wildman–Crippen LogP) is 2.12. The number of nitrogens with one attached hydrogen (secondary N) is 1. The van der Waals surface area contributed by atoms with Crippen molar-refractivity contribution in [3.05, 3.63) is 47.8 Å². The standard InChI is InChI=1S/C19H27N5O/c1-3-20-19(21-9-7-15-5-4-6-18(25)11-15)24-10-8-16(14-24)17-12-22-23(2)13-17/h4-6,11-13,16,25H,3,7-10,14H2,1-2H3,(H,20,21). The molecule has 1 fully saturated rings. The van der Waals surface area contributed by atoms with Gasteiger partial charge in [-0.05, 0) is 43.0 Å². The zero-order valence-corrected chi connectivity index (χ0v) is 15.0. The summed E-state index contributed by atoms with van der Waals surface area (Å²) in [5.41, 5.74) is 2.41. The van der Waals surface area contributed by atoms with Crippen molar-refractivity contribution in [2.24, 2.45) is 12.0 Å². The summed E-state index contributed by atoms with van der Waals surface area (Å²) in [7, 11) is 1.96. The monoisotopic (exact) mass is 341 g/mol. The van der Waals surface area contributed by atoms with E-state index < -0.39 is 0 Å². The average molecular weight is 341 g/mol. The Morgan fingerprint density at radius 1 is 1.44 bits per heavy atom. The van der Waals surface area contributed by atoms with E-state index in [2.05, 4.69) is 28.4 Å². The molecular weight excluding hydrogens is 314 g/mol. The van der Waals surface area contributed by atoms with Crippen molar-refractivity contribution in [1.82, 2.24) is 20.0 Å². The molecule has 134 valence electrons. The van der Waals surface area contributed by atoms with Crippen LogP contribution in [0.1, 0.15) is 30.4 Å². The quantitative estimate of drug-likeness (QED) is 0.646. The third kappa shape index (κ3) is 4.53. The molecule has 1 aromatic heterocycles. The Kier molecular flexibility index (Phi) is 5.58. The molecule has 1 unspecified atom stereocenters. The number of hydrogen-bond acceptors (Lipinski definition) is 3. The van der Waals surface area contributed by atoms with Gasteiger partial charge in [0.05, 0.1) is 6.20 Å². The summed E-state index contributed by atoms with van der Waals surface area (Å²) in [5, 5.41) is 17.2. The van der Waals surface area contributed by atoms with Gasteiger partial charge in [-0.3, -0.25) is 9.67 Å². The van der Waals surface area contributed by atoms with E-state index in [4.69, 9.17) is 4.99 Å². The van der Waals surface area contributed by atoms with Crippen LogP contribution in [0.15, 0.2) is 41.7 Å². The first-order valence-electron chi connectivity index (χ1n) is 8.95. The Morgan fingerprint density at radius 3 is 3.04 bits per heavy atom. The van der Waals surface area contributed by atoms with Crippen molar-refractivity contribution < 1.29 is 5.11 Å². The molecule has 1 aromatic carbocycles. The molecule has 25 heavy (non-hydrogen) atoms. The van der Waals surface area contributed by atoms with Gasteiger partial charge in [-0.1, -0.05) is 12.1 Å². The normalized spacial score (nSPS) is 17.9. The topological polar surface area (TPSA) is 65.7 Å². The fraction of sp³-hybridized carbons (Fsp3) is 0.474. The van der Waals surface area contributed by atoms with Gasteiger partial charge in [-0.15, -0.1) is 0 Å². The largest absolute Gasteiger partial charge is 0.508 e. The van der Waals surface area contributed by atoms with Crippen LogP contribution in [-0.2, 0) is 13.5 Å². The van der Waals surface area contributed by atoms with Crippen molar-refractivity contribution in [2.75, 3.05) is 26.2 Å². The first kappa shape index (κ1) is 17.3. The van der Waals surface area contributed by atoms with Crippen molar-refractivity contribution in [3.8, 4) is 5.75 Å². The first-order valence-corrected chi connectivity index (χ1v) is 8.95. The fourth-order valence-corrected chi connectivity index (χ4v) is 3.30. The Morgan fingerprint density at radius 2 is 2.32 bits per heavy atom. The van der Waals surface area contributed by atoms with Gasteiger partial charge in [-0.25, -0.2) is 0 Å². The summed E-state index contributed by atoms with van der Waals surface area (Å²) in [4.78, 5) is 7.12. The molecule has 1 saturated heterocycles. The van der Waals surface area contributed by atoms with Gasteiger partial charge in [0.2, 0.25) is 0 Å². The van der Waals surface area contributed by atoms with Crippen molar-refractivity contribution >= 4 is 5.96 Å². The summed E-state index contributed by atoms with van der Waals surface area (Å²) < 4.78 is 1.87. The van der Waals surface area contributed by atoms with Gasteiger partial charge in [-0.2, -0.15) is 5.10 Å². The third-order valence-electron chi connectivity index (χ3n) is 4.59. The van der Waals surface area contributed by atoms with Gasteiger partial charge >= 0.3 is 0 Å². The Labute approximate surface area is 149 Å². The minimum Gasteiger partial charge on any atom is -0.508 e. The maximum atomic E-state index is 9.55. The molecule has 6 nitrogen and oxygen atoms in total. The highest BCUT2D eigenvalue weighted by atomic mass is 16.3. The molecule has 3 rings (SSSR count). The highest BCUT2D eigenvalue weighted by Gasteiger charge is 2.26. The van der Waals surface area contributed by atoms with Crippen molar-refractivity contribution in [3.63, 3.8) is 0 Å². The molecule has 0 saturated carbocycles. The second-order valence-electron chi connectivity index (χ2n) is 6.53. The molecule has 1 atom stereocenters. The molecule has 0 aliphatic carbocycles. The number of likely N-dealkylation sites (tertiary alicyclic amines) is 1. The van der Waals surface area contributed by atoms with Crippen LogP contribution in [0.4, 0.5) is 0 Å². The Bertz CT molecular complexity index is 724. The highest BCUT2D eigenvalue weighted by Crippen LogP contribution is 2.26. The highest BCUT2D eigenvalue weighted by molar-refractivity contribution is 5.80. The number of rotatable bonds is 5. The maximum Gasteiger partial charge on any atom is 0.193 e. The zero-order valence-electron chi connectivity index (χ0n) is 15.0. The van der Waals surface area contributed by atoms with Crippen LogP contribution >= 0.6 is 0 Å². The number of aryl methyl sites for hydroxylation is 1. The molecule has 1 aliphatic heterocycles. The van der Waals surface area contributed by atoms with Crippen LogP contribution in [-0.4, -0.2) is 51.9 Å². The average Bonchev–Trinajstić information content (AvgIpc) is 3.23. The maximum absolute atomic E-state index is 9.55. The molecule has 0 radical (unpaired) electrons. The summed E-state index contributed by atoms with van der Waals surface area (Å²) in [5.74, 6) is 1.81. The van der Waals surface area contributed by atoms with Crippen LogP contribution in [0.3, 0.4) is 0 Å². The van der Waals surface area contributed by atoms with E-state index in [9.17, 15) is 5.11 Å². The molecule has 0 amide bonds. The second kappa shape index (κ2) is 8.05. The molecular formula is C19H27N5O. The first-order chi connectivity index (χ1) is 12.2. The van der Waals surface area contributed by atoms with E-state index in [0.717, 1.165) is 44.0 Å². The fourth-order valence-electron chi connectivity index (χ4n) is 3.30. The Balaban J connectivity index is 1.60. The van der Waals surface area contributed by atoms with E-state index in [1.165, 1.54) is 5.56 Å². The van der Waals surface area contributed by atoms with E-state index in [1.807, 2.05) is 30.1 Å². The number of nitrogens with zero attached hydrogens (tertiary/aromatic N) is 4. The lowest BCUT2D eigenvalue weighted by Crippen LogP contribution is -2.40. The summed E-state index contributed by atoms with van der Waals surface area (Å²) in [6.07, 6.45) is 6.03. The van der Waals surface area contributed by atoms with Gasteiger partial charge in [0.25, 0.3) is 0 Å². The van der Waals surface area contributed by atoms with Crippen LogP contribution < -0.4 is 5.32 Å². The smallest absolute Gasteiger partial charge is 0.193 e. The number of benzene rings is 1. The van der Waals surface area contributed by atoms with Crippen molar-refractivity contribution in [1.29, 1.82) is 0 Å². The lowest BCUT2D eigenvalue weighted by Gasteiger charge is -2.21. The Hall–Kier alpha value is -2.50. The zero-order chi connectivity index (χ0) is 17.6. The van der Waals surface area contributed by atoms with Gasteiger partial charge in [0.1, 0.15) is 5.75 Å². The minimum atomic E-state index is 0.312. The third-order valence-corrected chi connectivity index (χ3v) is 4.59. The van der Waals surface area contributed by atoms with E-state index in [0.29, 0.717) is 18.2 Å². The molecule has 2 N–H and O–H groups in total. The number of hydrogen-bond donors (Lipinski definition) is 2. The minimum absolute atomic E-state index is 0.312.